The molecule has 0 fully saturated rings. The molecule has 1 rings (SSSR count). The third-order valence-electron chi connectivity index (χ3n) is 2.13. The van der Waals surface area contributed by atoms with Crippen LogP contribution in [-0.2, 0) is 11.3 Å². The molecule has 0 saturated carbocycles. The lowest BCUT2D eigenvalue weighted by Crippen LogP contribution is -2.16. The van der Waals surface area contributed by atoms with Crippen LogP contribution in [0.25, 0.3) is 0 Å². The van der Waals surface area contributed by atoms with E-state index in [0.717, 1.165) is 11.3 Å². The van der Waals surface area contributed by atoms with Crippen molar-refractivity contribution < 1.29 is 9.47 Å². The first-order chi connectivity index (χ1) is 7.17. The molecule has 3 nitrogen and oxygen atoms in total. The molecule has 84 valence electrons. The molecule has 15 heavy (non-hydrogen) atoms. The third-order valence-corrected chi connectivity index (χ3v) is 2.36. The van der Waals surface area contributed by atoms with Crippen LogP contribution in [0.2, 0.25) is 5.02 Å². The molecule has 0 aliphatic carbocycles. The first kappa shape index (κ1) is 12.3. The van der Waals surface area contributed by atoms with Gasteiger partial charge in [-0.05, 0) is 19.1 Å². The summed E-state index contributed by atoms with van der Waals surface area (Å²) in [7, 11) is 1.65. The molecule has 0 aromatic heterocycles. The number of hydrogen-bond donors (Lipinski definition) is 1. The Balaban J connectivity index is 2.69. The van der Waals surface area contributed by atoms with E-state index in [1.807, 2.05) is 13.0 Å². The molecule has 0 saturated heterocycles. The van der Waals surface area contributed by atoms with Gasteiger partial charge in [-0.25, -0.2) is 0 Å². The van der Waals surface area contributed by atoms with Gasteiger partial charge in [0.25, 0.3) is 0 Å². The highest BCUT2D eigenvalue weighted by molar-refractivity contribution is 6.30. The zero-order valence-electron chi connectivity index (χ0n) is 9.00. The van der Waals surface area contributed by atoms with Gasteiger partial charge in [-0.1, -0.05) is 17.7 Å². The van der Waals surface area contributed by atoms with E-state index in [1.54, 1.807) is 19.2 Å². The summed E-state index contributed by atoms with van der Waals surface area (Å²) in [5.41, 5.74) is 6.53. The Bertz CT molecular complexity index is 317. The minimum Gasteiger partial charge on any atom is -0.491 e. The fourth-order valence-corrected chi connectivity index (χ4v) is 1.27. The van der Waals surface area contributed by atoms with E-state index in [-0.39, 0.29) is 6.10 Å². The van der Waals surface area contributed by atoms with Crippen molar-refractivity contribution in [3.63, 3.8) is 0 Å². The molecular weight excluding hydrogens is 214 g/mol. The minimum absolute atomic E-state index is 0.0506. The lowest BCUT2D eigenvalue weighted by Gasteiger charge is -2.14. The van der Waals surface area contributed by atoms with E-state index in [2.05, 4.69) is 0 Å². The maximum absolute atomic E-state index is 5.87. The van der Waals surface area contributed by atoms with Crippen LogP contribution in [0.4, 0.5) is 0 Å². The summed E-state index contributed by atoms with van der Waals surface area (Å²) >= 11 is 5.87. The van der Waals surface area contributed by atoms with Crippen LogP contribution in [0.1, 0.15) is 12.5 Å². The average molecular weight is 230 g/mol. The van der Waals surface area contributed by atoms with Crippen molar-refractivity contribution in [2.75, 3.05) is 13.7 Å². The minimum atomic E-state index is 0.0506. The van der Waals surface area contributed by atoms with Gasteiger partial charge >= 0.3 is 0 Å². The summed E-state index contributed by atoms with van der Waals surface area (Å²) in [6.07, 6.45) is 0.0506. The first-order valence-electron chi connectivity index (χ1n) is 4.81. The first-order valence-corrected chi connectivity index (χ1v) is 5.19. The van der Waals surface area contributed by atoms with E-state index in [9.17, 15) is 0 Å². The molecule has 2 N–H and O–H groups in total. The van der Waals surface area contributed by atoms with Crippen LogP contribution in [-0.4, -0.2) is 19.8 Å². The number of halogens is 1. The molecule has 0 heterocycles. The van der Waals surface area contributed by atoms with Crippen LogP contribution in [0.15, 0.2) is 18.2 Å². The van der Waals surface area contributed by atoms with Gasteiger partial charge in [-0.2, -0.15) is 0 Å². The fraction of sp³-hybridized carbons (Fsp3) is 0.455. The second-order valence-corrected chi connectivity index (χ2v) is 3.75. The molecular formula is C11H16ClNO2. The van der Waals surface area contributed by atoms with E-state index >= 15 is 0 Å². The van der Waals surface area contributed by atoms with E-state index in [0.29, 0.717) is 18.2 Å². The van der Waals surface area contributed by atoms with Crippen LogP contribution >= 0.6 is 11.6 Å². The summed E-state index contributed by atoms with van der Waals surface area (Å²) in [6, 6.07) is 5.44. The van der Waals surface area contributed by atoms with Gasteiger partial charge in [0.05, 0.1) is 6.10 Å². The van der Waals surface area contributed by atoms with Crippen LogP contribution < -0.4 is 10.5 Å². The maximum atomic E-state index is 5.87. The van der Waals surface area contributed by atoms with E-state index in [4.69, 9.17) is 26.8 Å². The van der Waals surface area contributed by atoms with E-state index in [1.165, 1.54) is 0 Å². The van der Waals surface area contributed by atoms with Crippen molar-refractivity contribution in [2.24, 2.45) is 5.73 Å². The Morgan fingerprint density at radius 3 is 2.80 bits per heavy atom. The SMILES string of the molecule is COC(C)COc1cc(Cl)ccc1CN. The molecule has 1 aromatic rings. The van der Waals surface area contributed by atoms with Crippen molar-refractivity contribution in [1.82, 2.24) is 0 Å². The highest BCUT2D eigenvalue weighted by atomic mass is 35.5. The summed E-state index contributed by atoms with van der Waals surface area (Å²) in [6.45, 7) is 2.87. The Kier molecular flexibility index (Phi) is 4.88. The van der Waals surface area contributed by atoms with Crippen LogP contribution in [0, 0.1) is 0 Å². The van der Waals surface area contributed by atoms with Crippen molar-refractivity contribution in [3.8, 4) is 5.75 Å². The lowest BCUT2D eigenvalue weighted by molar-refractivity contribution is 0.0713. The number of benzene rings is 1. The van der Waals surface area contributed by atoms with Gasteiger partial charge in [0, 0.05) is 24.2 Å². The largest absolute Gasteiger partial charge is 0.491 e. The molecule has 1 unspecified atom stereocenters. The zero-order chi connectivity index (χ0) is 11.3. The van der Waals surface area contributed by atoms with Gasteiger partial charge in [-0.15, -0.1) is 0 Å². The number of rotatable bonds is 5. The molecule has 0 radical (unpaired) electrons. The van der Waals surface area contributed by atoms with Gasteiger partial charge < -0.3 is 15.2 Å². The van der Waals surface area contributed by atoms with Crippen molar-refractivity contribution in [2.45, 2.75) is 19.6 Å². The molecule has 1 aromatic carbocycles. The normalized spacial score (nSPS) is 12.5. The highest BCUT2D eigenvalue weighted by Gasteiger charge is 2.05. The smallest absolute Gasteiger partial charge is 0.125 e. The fourth-order valence-electron chi connectivity index (χ4n) is 1.11. The number of ether oxygens (including phenoxy) is 2. The van der Waals surface area contributed by atoms with Gasteiger partial charge in [0.15, 0.2) is 0 Å². The molecule has 1 atom stereocenters. The van der Waals surface area contributed by atoms with Crippen LogP contribution in [0.3, 0.4) is 0 Å². The molecule has 0 amide bonds. The summed E-state index contributed by atoms with van der Waals surface area (Å²) in [4.78, 5) is 0. The molecule has 0 spiro atoms. The monoisotopic (exact) mass is 229 g/mol. The van der Waals surface area contributed by atoms with Crippen molar-refractivity contribution in [3.05, 3.63) is 28.8 Å². The second kappa shape index (κ2) is 5.95. The Labute approximate surface area is 95.1 Å². The Morgan fingerprint density at radius 1 is 1.47 bits per heavy atom. The van der Waals surface area contributed by atoms with Crippen LogP contribution in [0.5, 0.6) is 5.75 Å². The number of hydrogen-bond acceptors (Lipinski definition) is 3. The average Bonchev–Trinajstić information content (AvgIpc) is 2.26. The highest BCUT2D eigenvalue weighted by Crippen LogP contribution is 2.23. The number of methoxy groups -OCH3 is 1. The van der Waals surface area contributed by atoms with E-state index < -0.39 is 0 Å². The summed E-state index contributed by atoms with van der Waals surface area (Å²) in [5, 5.41) is 0.646. The second-order valence-electron chi connectivity index (χ2n) is 3.31. The summed E-state index contributed by atoms with van der Waals surface area (Å²) in [5.74, 6) is 0.730. The number of nitrogens with two attached hydrogens (primary N) is 1. The predicted molar refractivity (Wildman–Crippen MR) is 61.3 cm³/mol. The summed E-state index contributed by atoms with van der Waals surface area (Å²) < 4.78 is 10.7. The standard InChI is InChI=1S/C11H16ClNO2/c1-8(14-2)7-15-11-5-10(12)4-3-9(11)6-13/h3-5,8H,6-7,13H2,1-2H3. The zero-order valence-corrected chi connectivity index (χ0v) is 9.75. The Hall–Kier alpha value is -0.770. The van der Waals surface area contributed by atoms with Crippen molar-refractivity contribution >= 4 is 11.6 Å². The lowest BCUT2D eigenvalue weighted by atomic mass is 10.2. The quantitative estimate of drug-likeness (QED) is 0.842. The molecule has 4 heteroatoms. The van der Waals surface area contributed by atoms with Gasteiger partial charge in [0.2, 0.25) is 0 Å². The van der Waals surface area contributed by atoms with Crippen molar-refractivity contribution in [1.29, 1.82) is 0 Å². The molecule has 0 bridgehead atoms. The van der Waals surface area contributed by atoms with Gasteiger partial charge in [-0.3, -0.25) is 0 Å². The van der Waals surface area contributed by atoms with Gasteiger partial charge in [0.1, 0.15) is 12.4 Å². The molecule has 0 aliphatic heterocycles. The Morgan fingerprint density at radius 2 is 2.20 bits per heavy atom. The maximum Gasteiger partial charge on any atom is 0.125 e. The third kappa shape index (κ3) is 3.70. The molecule has 0 aliphatic rings. The predicted octanol–water partition coefficient (Wildman–Crippen LogP) is 2.21. The topological polar surface area (TPSA) is 44.5 Å².